The van der Waals surface area contributed by atoms with Crippen LogP contribution in [0.5, 0.6) is 17.2 Å². The molecule has 2 aromatic carbocycles. The van der Waals surface area contributed by atoms with Crippen molar-refractivity contribution in [1.29, 1.82) is 0 Å². The molecule has 7 nitrogen and oxygen atoms in total. The van der Waals surface area contributed by atoms with Gasteiger partial charge in [0.2, 0.25) is 0 Å². The van der Waals surface area contributed by atoms with Crippen LogP contribution in [0.2, 0.25) is 0 Å². The predicted octanol–water partition coefficient (Wildman–Crippen LogP) is 7.27. The largest absolute Gasteiger partial charge is 0.453 e. The van der Waals surface area contributed by atoms with E-state index in [4.69, 9.17) is 14.2 Å². The molecule has 2 heterocycles. The van der Waals surface area contributed by atoms with Crippen molar-refractivity contribution in [2.45, 2.75) is 12.9 Å². The summed E-state index contributed by atoms with van der Waals surface area (Å²) in [5.74, 6) is -0.374. The van der Waals surface area contributed by atoms with Crippen LogP contribution in [0, 0.1) is 5.82 Å². The van der Waals surface area contributed by atoms with Crippen molar-refractivity contribution in [3.05, 3.63) is 78.4 Å². The Kier molecular flexibility index (Phi) is 8.36. The lowest BCUT2D eigenvalue weighted by atomic mass is 10.2. The van der Waals surface area contributed by atoms with Gasteiger partial charge in [-0.15, -0.1) is 0 Å². The number of anilines is 1. The van der Waals surface area contributed by atoms with Crippen LogP contribution < -0.4 is 14.8 Å². The number of nitrogens with one attached hydrogen (secondary N) is 1. The standard InChI is InChI=1S/C27H27F4N3O4S/c1-39(2,3)14-13-36-17-34-16-20(27(29,30)31)24-23(11-12-32-25(24)34)38-22-10-9-18(15-21(22)28)33-26(35)37-19-7-5-4-6-8-19/h4-12,15-16H,13-14,17H2,1-3H3,(H,33,35). The van der Waals surface area contributed by atoms with Gasteiger partial charge in [0.25, 0.3) is 0 Å². The van der Waals surface area contributed by atoms with Gasteiger partial charge in [-0.25, -0.2) is 24.2 Å². The van der Waals surface area contributed by atoms with E-state index >= 15 is 0 Å². The molecule has 0 radical (unpaired) electrons. The van der Waals surface area contributed by atoms with E-state index in [-0.39, 0.29) is 35.0 Å². The van der Waals surface area contributed by atoms with E-state index in [0.717, 1.165) is 18.0 Å². The summed E-state index contributed by atoms with van der Waals surface area (Å²) >= 11 is 0. The first-order chi connectivity index (χ1) is 18.4. The minimum absolute atomic E-state index is 0.00900. The first kappa shape index (κ1) is 28.2. The van der Waals surface area contributed by atoms with Crippen LogP contribution in [0.4, 0.5) is 28.0 Å². The van der Waals surface area contributed by atoms with E-state index in [1.54, 1.807) is 30.3 Å². The molecular weight excluding hydrogens is 538 g/mol. The number of hydrogen-bond donors (Lipinski definition) is 1. The third-order valence-corrected chi connectivity index (χ3v) is 6.84. The summed E-state index contributed by atoms with van der Waals surface area (Å²) in [5.41, 5.74) is -0.921. The smallest absolute Gasteiger partial charge is 0.418 e. The van der Waals surface area contributed by atoms with E-state index in [1.165, 1.54) is 29.0 Å². The topological polar surface area (TPSA) is 74.6 Å². The SMILES string of the molecule is CS(C)(C)CCOCn1cc(C(F)(F)F)c2c(Oc3ccc(NC(=O)Oc4ccccc4)cc3F)ccnc21. The summed E-state index contributed by atoms with van der Waals surface area (Å²) in [5, 5.41) is 2.07. The number of aromatic nitrogens is 2. The molecule has 2 aromatic heterocycles. The molecule has 39 heavy (non-hydrogen) atoms. The monoisotopic (exact) mass is 565 g/mol. The number of amides is 1. The number of pyridine rings is 1. The van der Waals surface area contributed by atoms with Crippen LogP contribution in [0.3, 0.4) is 0 Å². The third kappa shape index (κ3) is 7.42. The van der Waals surface area contributed by atoms with Gasteiger partial charge in [-0.1, -0.05) is 18.2 Å². The van der Waals surface area contributed by atoms with Gasteiger partial charge in [0.15, 0.2) is 11.6 Å². The van der Waals surface area contributed by atoms with Crippen molar-refractivity contribution >= 4 is 32.8 Å². The summed E-state index contributed by atoms with van der Waals surface area (Å²) in [4.78, 5) is 16.2. The number of halogens is 4. The van der Waals surface area contributed by atoms with Gasteiger partial charge in [-0.05, 0) is 49.1 Å². The van der Waals surface area contributed by atoms with Gasteiger partial charge in [-0.2, -0.15) is 13.2 Å². The Morgan fingerprint density at radius 2 is 1.79 bits per heavy atom. The molecule has 0 atom stereocenters. The maximum atomic E-state index is 14.9. The Balaban J connectivity index is 1.55. The van der Waals surface area contributed by atoms with E-state index in [9.17, 15) is 22.4 Å². The molecule has 12 heteroatoms. The molecule has 0 bridgehead atoms. The van der Waals surface area contributed by atoms with Gasteiger partial charge >= 0.3 is 12.3 Å². The van der Waals surface area contributed by atoms with Gasteiger partial charge in [-0.3, -0.25) is 5.32 Å². The number of nitrogens with zero attached hydrogens (tertiary/aromatic N) is 2. The van der Waals surface area contributed by atoms with Crippen LogP contribution in [0.25, 0.3) is 11.0 Å². The molecule has 208 valence electrons. The number of benzene rings is 2. The highest BCUT2D eigenvalue weighted by Gasteiger charge is 2.36. The average molecular weight is 566 g/mol. The van der Waals surface area contributed by atoms with Gasteiger partial charge in [0, 0.05) is 29.9 Å². The predicted molar refractivity (Wildman–Crippen MR) is 143 cm³/mol. The fourth-order valence-corrected chi connectivity index (χ4v) is 4.19. The van der Waals surface area contributed by atoms with Crippen LogP contribution in [-0.4, -0.2) is 46.8 Å². The molecule has 4 rings (SSSR count). The van der Waals surface area contributed by atoms with Crippen molar-refractivity contribution in [1.82, 2.24) is 9.55 Å². The molecule has 0 aliphatic rings. The van der Waals surface area contributed by atoms with Crippen LogP contribution >= 0.6 is 10.0 Å². The second-order valence-corrected chi connectivity index (χ2v) is 14.0. The fourth-order valence-electron chi connectivity index (χ4n) is 3.58. The second kappa shape index (κ2) is 11.5. The zero-order valence-electron chi connectivity index (χ0n) is 21.4. The molecule has 0 saturated heterocycles. The van der Waals surface area contributed by atoms with Crippen LogP contribution in [0.1, 0.15) is 5.56 Å². The second-order valence-electron chi connectivity index (χ2n) is 9.43. The lowest BCUT2D eigenvalue weighted by Crippen LogP contribution is -2.16. The third-order valence-electron chi connectivity index (χ3n) is 5.45. The van der Waals surface area contributed by atoms with E-state index in [1.807, 2.05) is 0 Å². The summed E-state index contributed by atoms with van der Waals surface area (Å²) < 4.78 is 74.3. The number of carbonyl (C=O) groups is 1. The molecule has 0 spiro atoms. The summed E-state index contributed by atoms with van der Waals surface area (Å²) in [6, 6.07) is 13.0. The summed E-state index contributed by atoms with van der Waals surface area (Å²) in [6.45, 7) is 0.257. The van der Waals surface area contributed by atoms with Crippen LogP contribution in [0.15, 0.2) is 67.0 Å². The van der Waals surface area contributed by atoms with Gasteiger partial charge in [0.1, 0.15) is 23.9 Å². The molecule has 0 unspecified atom stereocenters. The van der Waals surface area contributed by atoms with Crippen LogP contribution in [-0.2, 0) is 17.6 Å². The quantitative estimate of drug-likeness (QED) is 0.171. The highest BCUT2D eigenvalue weighted by molar-refractivity contribution is 8.32. The molecular formula is C27H27F4N3O4S. The van der Waals surface area contributed by atoms with Crippen molar-refractivity contribution in [2.24, 2.45) is 0 Å². The summed E-state index contributed by atoms with van der Waals surface area (Å²) in [7, 11) is -0.824. The number of ether oxygens (including phenoxy) is 3. The molecule has 0 aliphatic heterocycles. The number of rotatable bonds is 9. The molecule has 1 N–H and O–H groups in total. The first-order valence-electron chi connectivity index (χ1n) is 11.7. The lowest BCUT2D eigenvalue weighted by molar-refractivity contribution is -0.136. The Labute approximate surface area is 224 Å². The maximum absolute atomic E-state index is 14.9. The molecule has 0 fully saturated rings. The highest BCUT2D eigenvalue weighted by Crippen LogP contribution is 2.41. The number of para-hydroxylation sites is 1. The van der Waals surface area contributed by atoms with Gasteiger partial charge < -0.3 is 18.8 Å². The average Bonchev–Trinajstić information content (AvgIpc) is 3.24. The number of alkyl halides is 3. The van der Waals surface area contributed by atoms with E-state index in [0.29, 0.717) is 12.4 Å². The fraction of sp³-hybridized carbons (Fsp3) is 0.259. The zero-order chi connectivity index (χ0) is 28.2. The first-order valence-corrected chi connectivity index (χ1v) is 14.7. The van der Waals surface area contributed by atoms with Gasteiger partial charge in [0.05, 0.1) is 17.6 Å². The Bertz CT molecular complexity index is 1450. The minimum Gasteiger partial charge on any atom is -0.453 e. The maximum Gasteiger partial charge on any atom is 0.418 e. The minimum atomic E-state index is -4.72. The number of carbonyl (C=O) groups excluding carboxylic acids is 1. The summed E-state index contributed by atoms with van der Waals surface area (Å²) in [6.07, 6.45) is 2.99. The molecule has 4 aromatic rings. The Morgan fingerprint density at radius 3 is 2.46 bits per heavy atom. The lowest BCUT2D eigenvalue weighted by Gasteiger charge is -2.24. The van der Waals surface area contributed by atoms with E-state index < -0.39 is 33.7 Å². The van der Waals surface area contributed by atoms with Crippen molar-refractivity contribution < 1.29 is 36.6 Å². The molecule has 1 amide bonds. The van der Waals surface area contributed by atoms with Crippen molar-refractivity contribution in [3.8, 4) is 17.2 Å². The molecule has 0 aliphatic carbocycles. The Hall–Kier alpha value is -3.77. The number of fused-ring (bicyclic) bond motifs is 1. The normalized spacial score (nSPS) is 12.4. The molecule has 0 saturated carbocycles. The van der Waals surface area contributed by atoms with Crippen molar-refractivity contribution in [3.63, 3.8) is 0 Å². The van der Waals surface area contributed by atoms with E-state index in [2.05, 4.69) is 29.1 Å². The van der Waals surface area contributed by atoms with Crippen molar-refractivity contribution in [2.75, 3.05) is 36.4 Å². The zero-order valence-corrected chi connectivity index (χ0v) is 22.2. The Morgan fingerprint density at radius 1 is 1.05 bits per heavy atom. The number of hydrogen-bond acceptors (Lipinski definition) is 5. The highest BCUT2D eigenvalue weighted by atomic mass is 32.3.